The minimum absolute atomic E-state index is 0.189. The van der Waals surface area contributed by atoms with Crippen molar-refractivity contribution in [1.82, 2.24) is 9.55 Å². The molecule has 0 aliphatic carbocycles. The van der Waals surface area contributed by atoms with Crippen LogP contribution in [0, 0.1) is 0 Å². The Morgan fingerprint density at radius 3 is 2.62 bits per heavy atom. The molecule has 0 unspecified atom stereocenters. The van der Waals surface area contributed by atoms with E-state index in [0.29, 0.717) is 6.54 Å². The monoisotopic (exact) mass is 217 g/mol. The van der Waals surface area contributed by atoms with Crippen molar-refractivity contribution in [2.45, 2.75) is 6.54 Å². The molecule has 2 rings (SSSR count). The van der Waals surface area contributed by atoms with Crippen molar-refractivity contribution in [2.24, 2.45) is 5.73 Å². The predicted octanol–water partition coefficient (Wildman–Crippen LogP) is 0.324. The minimum atomic E-state index is -0.616. The number of aromatic amines is 1. The van der Waals surface area contributed by atoms with Gasteiger partial charge in [0.25, 0.3) is 5.91 Å². The maximum Gasteiger partial charge on any atom is 0.326 e. The van der Waals surface area contributed by atoms with E-state index in [4.69, 9.17) is 5.73 Å². The van der Waals surface area contributed by atoms with Gasteiger partial charge in [-0.25, -0.2) is 4.79 Å². The summed E-state index contributed by atoms with van der Waals surface area (Å²) in [7, 11) is 0. The van der Waals surface area contributed by atoms with Gasteiger partial charge in [0.05, 0.1) is 6.54 Å². The van der Waals surface area contributed by atoms with Crippen LogP contribution in [0.5, 0.6) is 0 Å². The number of nitrogens with two attached hydrogens (primary N) is 1. The van der Waals surface area contributed by atoms with E-state index in [-0.39, 0.29) is 11.4 Å². The van der Waals surface area contributed by atoms with Crippen molar-refractivity contribution < 1.29 is 4.79 Å². The Morgan fingerprint density at radius 2 is 2.00 bits per heavy atom. The lowest BCUT2D eigenvalue weighted by Crippen LogP contribution is -2.24. The van der Waals surface area contributed by atoms with Crippen LogP contribution in [0.3, 0.4) is 0 Å². The van der Waals surface area contributed by atoms with E-state index in [1.165, 1.54) is 10.8 Å². The Kier molecular flexibility index (Phi) is 2.59. The van der Waals surface area contributed by atoms with Gasteiger partial charge < -0.3 is 10.7 Å². The Hall–Kier alpha value is -2.30. The minimum Gasteiger partial charge on any atom is -0.364 e. The Balaban J connectivity index is 2.38. The molecule has 0 saturated heterocycles. The van der Waals surface area contributed by atoms with E-state index in [1.807, 2.05) is 30.3 Å². The number of primary amides is 1. The van der Waals surface area contributed by atoms with Gasteiger partial charge in [0.1, 0.15) is 5.69 Å². The summed E-state index contributed by atoms with van der Waals surface area (Å²) in [4.78, 5) is 25.0. The van der Waals surface area contributed by atoms with Crippen molar-refractivity contribution in [3.05, 3.63) is 58.3 Å². The van der Waals surface area contributed by atoms with Gasteiger partial charge in [-0.2, -0.15) is 0 Å². The van der Waals surface area contributed by atoms with Crippen LogP contribution in [-0.4, -0.2) is 15.5 Å². The van der Waals surface area contributed by atoms with E-state index in [2.05, 4.69) is 4.98 Å². The lowest BCUT2D eigenvalue weighted by molar-refractivity contribution is 0.0991. The van der Waals surface area contributed by atoms with E-state index < -0.39 is 5.91 Å². The number of nitrogens with one attached hydrogen (secondary N) is 1. The van der Waals surface area contributed by atoms with Crippen LogP contribution in [0.25, 0.3) is 0 Å². The summed E-state index contributed by atoms with van der Waals surface area (Å²) in [5.41, 5.74) is 5.95. The molecule has 1 amide bonds. The number of H-pyrrole nitrogens is 1. The molecule has 1 aromatic carbocycles. The van der Waals surface area contributed by atoms with Gasteiger partial charge in [-0.15, -0.1) is 0 Å². The fraction of sp³-hybridized carbons (Fsp3) is 0.0909. The zero-order valence-electron chi connectivity index (χ0n) is 8.51. The molecule has 5 heteroatoms. The fourth-order valence-corrected chi connectivity index (χ4v) is 1.52. The van der Waals surface area contributed by atoms with Gasteiger partial charge in [0.15, 0.2) is 0 Å². The van der Waals surface area contributed by atoms with Gasteiger partial charge in [0, 0.05) is 6.20 Å². The number of imidazole rings is 1. The van der Waals surface area contributed by atoms with Crippen molar-refractivity contribution >= 4 is 5.91 Å². The second kappa shape index (κ2) is 4.06. The van der Waals surface area contributed by atoms with E-state index in [9.17, 15) is 9.59 Å². The third-order valence-corrected chi connectivity index (χ3v) is 2.30. The predicted molar refractivity (Wildman–Crippen MR) is 59.1 cm³/mol. The van der Waals surface area contributed by atoms with Crippen LogP contribution in [0.2, 0.25) is 0 Å². The lowest BCUT2D eigenvalue weighted by atomic mass is 10.2. The number of benzene rings is 1. The largest absolute Gasteiger partial charge is 0.364 e. The normalized spacial score (nSPS) is 10.2. The fourth-order valence-electron chi connectivity index (χ4n) is 1.52. The summed E-state index contributed by atoms with van der Waals surface area (Å²) in [6, 6.07) is 9.39. The summed E-state index contributed by atoms with van der Waals surface area (Å²) in [5, 5.41) is 0. The topological polar surface area (TPSA) is 80.9 Å². The molecule has 0 saturated carbocycles. The third kappa shape index (κ3) is 1.88. The van der Waals surface area contributed by atoms with Crippen LogP contribution in [0.4, 0.5) is 0 Å². The summed E-state index contributed by atoms with van der Waals surface area (Å²) in [6.07, 6.45) is 1.33. The summed E-state index contributed by atoms with van der Waals surface area (Å²) in [6.45, 7) is 0.335. The molecule has 82 valence electrons. The number of hydrogen-bond acceptors (Lipinski definition) is 2. The molecular weight excluding hydrogens is 206 g/mol. The van der Waals surface area contributed by atoms with Gasteiger partial charge >= 0.3 is 5.69 Å². The number of rotatable bonds is 3. The highest BCUT2D eigenvalue weighted by atomic mass is 16.2. The van der Waals surface area contributed by atoms with Crippen LogP contribution in [-0.2, 0) is 6.54 Å². The number of hydrogen-bond donors (Lipinski definition) is 2. The quantitative estimate of drug-likeness (QED) is 0.776. The molecule has 0 fully saturated rings. The van der Waals surface area contributed by atoms with Gasteiger partial charge in [-0.3, -0.25) is 9.36 Å². The molecule has 0 atom stereocenters. The maximum absolute atomic E-state index is 11.4. The summed E-state index contributed by atoms with van der Waals surface area (Å²) >= 11 is 0. The zero-order valence-corrected chi connectivity index (χ0v) is 8.51. The number of aromatic nitrogens is 2. The SMILES string of the molecule is NC(=O)c1c[nH]c(=O)n1Cc1ccccc1. The first kappa shape index (κ1) is 10.2. The molecule has 1 aromatic heterocycles. The van der Waals surface area contributed by atoms with Crippen molar-refractivity contribution in [2.75, 3.05) is 0 Å². The van der Waals surface area contributed by atoms with Crippen LogP contribution in [0.15, 0.2) is 41.3 Å². The Labute approximate surface area is 91.5 Å². The first-order valence-electron chi connectivity index (χ1n) is 4.80. The molecule has 3 N–H and O–H groups in total. The highest BCUT2D eigenvalue weighted by Gasteiger charge is 2.10. The Bertz CT molecular complexity index is 554. The number of carbonyl (C=O) groups is 1. The first-order chi connectivity index (χ1) is 7.68. The number of carbonyl (C=O) groups excluding carboxylic acids is 1. The molecule has 2 aromatic rings. The second-order valence-corrected chi connectivity index (χ2v) is 3.42. The maximum atomic E-state index is 11.4. The molecule has 0 bridgehead atoms. The van der Waals surface area contributed by atoms with E-state index >= 15 is 0 Å². The molecular formula is C11H11N3O2. The lowest BCUT2D eigenvalue weighted by Gasteiger charge is -2.04. The van der Waals surface area contributed by atoms with Gasteiger partial charge in [0.2, 0.25) is 0 Å². The average Bonchev–Trinajstić information content (AvgIpc) is 2.62. The van der Waals surface area contributed by atoms with Gasteiger partial charge in [-0.1, -0.05) is 30.3 Å². The van der Waals surface area contributed by atoms with Crippen LogP contribution >= 0.6 is 0 Å². The van der Waals surface area contributed by atoms with Crippen molar-refractivity contribution in [3.63, 3.8) is 0 Å². The van der Waals surface area contributed by atoms with Crippen LogP contribution in [0.1, 0.15) is 16.1 Å². The smallest absolute Gasteiger partial charge is 0.326 e. The van der Waals surface area contributed by atoms with E-state index in [0.717, 1.165) is 5.56 Å². The van der Waals surface area contributed by atoms with Gasteiger partial charge in [-0.05, 0) is 5.56 Å². The third-order valence-electron chi connectivity index (χ3n) is 2.30. The Morgan fingerprint density at radius 1 is 1.31 bits per heavy atom. The molecule has 0 spiro atoms. The zero-order chi connectivity index (χ0) is 11.5. The second-order valence-electron chi connectivity index (χ2n) is 3.42. The van der Waals surface area contributed by atoms with Crippen molar-refractivity contribution in [3.8, 4) is 0 Å². The summed E-state index contributed by atoms with van der Waals surface area (Å²) in [5.74, 6) is -0.616. The first-order valence-corrected chi connectivity index (χ1v) is 4.80. The number of nitrogens with zero attached hydrogens (tertiary/aromatic N) is 1. The summed E-state index contributed by atoms with van der Waals surface area (Å²) < 4.78 is 1.32. The molecule has 0 aliphatic heterocycles. The average molecular weight is 217 g/mol. The van der Waals surface area contributed by atoms with Crippen molar-refractivity contribution in [1.29, 1.82) is 0 Å². The molecule has 1 heterocycles. The number of amides is 1. The highest BCUT2D eigenvalue weighted by Crippen LogP contribution is 2.02. The highest BCUT2D eigenvalue weighted by molar-refractivity contribution is 5.90. The van der Waals surface area contributed by atoms with Crippen LogP contribution < -0.4 is 11.4 Å². The molecule has 16 heavy (non-hydrogen) atoms. The molecule has 5 nitrogen and oxygen atoms in total. The standard InChI is InChI=1S/C11H11N3O2/c12-10(15)9-6-13-11(16)14(9)7-8-4-2-1-3-5-8/h1-6H,7H2,(H2,12,15)(H,13,16). The molecule has 0 radical (unpaired) electrons. The molecule has 0 aliphatic rings. The van der Waals surface area contributed by atoms with E-state index in [1.54, 1.807) is 0 Å².